The molecule has 0 unspecified atom stereocenters. The van der Waals surface area contributed by atoms with Crippen molar-refractivity contribution >= 4 is 39.6 Å². The van der Waals surface area contributed by atoms with Crippen LogP contribution in [0.15, 0.2) is 15.2 Å². The number of rotatable bonds is 3. The molecule has 2 rings (SSSR count). The molecule has 1 amide bonds. The van der Waals surface area contributed by atoms with Crippen molar-refractivity contribution in [2.75, 3.05) is 11.5 Å². The molecule has 2 N–H and O–H groups in total. The number of carbonyl (C=O) groups is 2. The van der Waals surface area contributed by atoms with Crippen molar-refractivity contribution < 1.29 is 19.1 Å². The summed E-state index contributed by atoms with van der Waals surface area (Å²) in [6.45, 7) is 1.74. The molecule has 1 aliphatic heterocycles. The molecule has 7 heteroatoms. The maximum absolute atomic E-state index is 12.2. The molecule has 0 spiro atoms. The SMILES string of the molecule is Cc1cc(Br)oc1C(=O)NC1(C(=O)O)CCSCC1. The summed E-state index contributed by atoms with van der Waals surface area (Å²) in [4.78, 5) is 23.6. The molecule has 0 bridgehead atoms. The average Bonchev–Trinajstić information content (AvgIpc) is 2.69. The van der Waals surface area contributed by atoms with E-state index in [0.717, 1.165) is 11.5 Å². The monoisotopic (exact) mass is 347 g/mol. The van der Waals surface area contributed by atoms with Gasteiger partial charge in [-0.1, -0.05) is 0 Å². The first kappa shape index (κ1) is 14.5. The highest BCUT2D eigenvalue weighted by Gasteiger charge is 2.42. The number of hydrogen-bond donors (Lipinski definition) is 2. The zero-order valence-corrected chi connectivity index (χ0v) is 12.8. The van der Waals surface area contributed by atoms with E-state index in [-0.39, 0.29) is 5.76 Å². The lowest BCUT2D eigenvalue weighted by Crippen LogP contribution is -2.56. The third-order valence-corrected chi connectivity index (χ3v) is 4.58. The van der Waals surface area contributed by atoms with E-state index in [9.17, 15) is 14.7 Å². The summed E-state index contributed by atoms with van der Waals surface area (Å²) in [6, 6.07) is 1.68. The van der Waals surface area contributed by atoms with Gasteiger partial charge in [0.25, 0.3) is 5.91 Å². The van der Waals surface area contributed by atoms with Gasteiger partial charge in [-0.2, -0.15) is 11.8 Å². The summed E-state index contributed by atoms with van der Waals surface area (Å²) in [5, 5.41) is 12.0. The van der Waals surface area contributed by atoms with Gasteiger partial charge in [-0.15, -0.1) is 0 Å². The Kier molecular flexibility index (Phi) is 4.25. The van der Waals surface area contributed by atoms with E-state index >= 15 is 0 Å². The highest BCUT2D eigenvalue weighted by molar-refractivity contribution is 9.10. The van der Waals surface area contributed by atoms with E-state index in [4.69, 9.17) is 4.42 Å². The van der Waals surface area contributed by atoms with Crippen molar-refractivity contribution in [3.8, 4) is 0 Å². The van der Waals surface area contributed by atoms with Gasteiger partial charge >= 0.3 is 5.97 Å². The molecule has 0 radical (unpaired) electrons. The fraction of sp³-hybridized carbons (Fsp3) is 0.500. The van der Waals surface area contributed by atoms with Crippen LogP contribution in [0.4, 0.5) is 0 Å². The molecular formula is C12H14BrNO4S. The summed E-state index contributed by atoms with van der Waals surface area (Å²) in [6.07, 6.45) is 0.860. The van der Waals surface area contributed by atoms with Crippen molar-refractivity contribution in [2.24, 2.45) is 0 Å². The molecule has 0 saturated carbocycles. The predicted molar refractivity (Wildman–Crippen MR) is 75.5 cm³/mol. The van der Waals surface area contributed by atoms with E-state index in [2.05, 4.69) is 21.2 Å². The van der Waals surface area contributed by atoms with Crippen molar-refractivity contribution in [3.05, 3.63) is 22.1 Å². The number of furan rings is 1. The molecule has 104 valence electrons. The largest absolute Gasteiger partial charge is 0.480 e. The van der Waals surface area contributed by atoms with Gasteiger partial charge in [0.1, 0.15) is 5.54 Å². The molecule has 19 heavy (non-hydrogen) atoms. The van der Waals surface area contributed by atoms with E-state index in [1.807, 2.05) is 0 Å². The van der Waals surface area contributed by atoms with Crippen LogP contribution in [0.5, 0.6) is 0 Å². The van der Waals surface area contributed by atoms with Crippen LogP contribution in [0.2, 0.25) is 0 Å². The van der Waals surface area contributed by atoms with Gasteiger partial charge < -0.3 is 14.8 Å². The van der Waals surface area contributed by atoms with Crippen LogP contribution in [0.25, 0.3) is 0 Å². The average molecular weight is 348 g/mol. The fourth-order valence-electron chi connectivity index (χ4n) is 2.05. The van der Waals surface area contributed by atoms with Gasteiger partial charge in [0, 0.05) is 5.56 Å². The Balaban J connectivity index is 2.20. The van der Waals surface area contributed by atoms with Gasteiger partial charge in [0.05, 0.1) is 0 Å². The van der Waals surface area contributed by atoms with Gasteiger partial charge in [-0.3, -0.25) is 4.79 Å². The van der Waals surface area contributed by atoms with Gasteiger partial charge in [0.2, 0.25) is 0 Å². The summed E-state index contributed by atoms with van der Waals surface area (Å²) in [7, 11) is 0. The van der Waals surface area contributed by atoms with Crippen LogP contribution in [-0.4, -0.2) is 34.0 Å². The van der Waals surface area contributed by atoms with E-state index in [1.54, 1.807) is 24.8 Å². The van der Waals surface area contributed by atoms with E-state index in [0.29, 0.717) is 23.1 Å². The minimum Gasteiger partial charge on any atom is -0.480 e. The Hall–Kier alpha value is -0.950. The minimum atomic E-state index is -1.17. The zero-order valence-electron chi connectivity index (χ0n) is 10.4. The maximum Gasteiger partial charge on any atom is 0.329 e. The lowest BCUT2D eigenvalue weighted by Gasteiger charge is -2.33. The van der Waals surface area contributed by atoms with Crippen LogP contribution >= 0.6 is 27.7 Å². The third-order valence-electron chi connectivity index (χ3n) is 3.20. The molecule has 1 saturated heterocycles. The second-order valence-electron chi connectivity index (χ2n) is 4.52. The molecule has 0 aromatic carbocycles. The number of hydrogen-bond acceptors (Lipinski definition) is 4. The van der Waals surface area contributed by atoms with Gasteiger partial charge in [-0.25, -0.2) is 4.79 Å². The summed E-state index contributed by atoms with van der Waals surface area (Å²) < 4.78 is 5.71. The topological polar surface area (TPSA) is 79.5 Å². The van der Waals surface area contributed by atoms with Crippen LogP contribution in [0.1, 0.15) is 29.0 Å². The Morgan fingerprint density at radius 3 is 2.58 bits per heavy atom. The van der Waals surface area contributed by atoms with E-state index < -0.39 is 17.4 Å². The third kappa shape index (κ3) is 2.97. The van der Waals surface area contributed by atoms with Crippen molar-refractivity contribution in [1.82, 2.24) is 5.32 Å². The number of carboxylic acids is 1. The maximum atomic E-state index is 12.2. The predicted octanol–water partition coefficient (Wildman–Crippen LogP) is 2.43. The number of amides is 1. The quantitative estimate of drug-likeness (QED) is 0.877. The molecule has 1 aromatic rings. The second kappa shape index (κ2) is 5.58. The van der Waals surface area contributed by atoms with E-state index in [1.165, 1.54) is 0 Å². The number of halogens is 1. The minimum absolute atomic E-state index is 0.158. The second-order valence-corrected chi connectivity index (χ2v) is 6.52. The number of nitrogens with one attached hydrogen (secondary N) is 1. The lowest BCUT2D eigenvalue weighted by molar-refractivity contribution is -0.144. The zero-order chi connectivity index (χ0) is 14.0. The first-order chi connectivity index (χ1) is 8.94. The molecule has 2 heterocycles. The number of carbonyl (C=O) groups excluding carboxylic acids is 1. The molecule has 1 aliphatic rings. The van der Waals surface area contributed by atoms with Crippen LogP contribution in [-0.2, 0) is 4.79 Å². The smallest absolute Gasteiger partial charge is 0.329 e. The summed E-state index contributed by atoms with van der Waals surface area (Å²) in [5.74, 6) is 0.161. The number of aliphatic carboxylic acids is 1. The standard InChI is InChI=1S/C12H14BrNO4S/c1-7-6-8(13)18-9(7)10(15)14-12(11(16)17)2-4-19-5-3-12/h6H,2-5H2,1H3,(H,14,15)(H,16,17). The fourth-order valence-corrected chi connectivity index (χ4v) is 3.75. The Labute approximate surface area is 123 Å². The van der Waals surface area contributed by atoms with Crippen LogP contribution in [0.3, 0.4) is 0 Å². The molecule has 1 aromatic heterocycles. The Bertz CT molecular complexity index is 508. The molecule has 0 atom stereocenters. The first-order valence-corrected chi connectivity index (χ1v) is 7.79. The van der Waals surface area contributed by atoms with Crippen molar-refractivity contribution in [2.45, 2.75) is 25.3 Å². The first-order valence-electron chi connectivity index (χ1n) is 5.84. The summed E-state index contributed by atoms with van der Waals surface area (Å²) >= 11 is 4.85. The van der Waals surface area contributed by atoms with Gasteiger partial charge in [-0.05, 0) is 53.3 Å². The highest BCUT2D eigenvalue weighted by atomic mass is 79.9. The van der Waals surface area contributed by atoms with Crippen molar-refractivity contribution in [1.29, 1.82) is 0 Å². The normalized spacial score (nSPS) is 18.0. The lowest BCUT2D eigenvalue weighted by atomic mass is 9.92. The number of thioether (sulfide) groups is 1. The Morgan fingerprint density at radius 1 is 1.47 bits per heavy atom. The highest BCUT2D eigenvalue weighted by Crippen LogP contribution is 2.28. The number of carboxylic acid groups (broad SMARTS) is 1. The van der Waals surface area contributed by atoms with Crippen LogP contribution < -0.4 is 5.32 Å². The van der Waals surface area contributed by atoms with Gasteiger partial charge in [0.15, 0.2) is 10.4 Å². The summed E-state index contributed by atoms with van der Waals surface area (Å²) in [5.41, 5.74) is -0.497. The van der Waals surface area contributed by atoms with Crippen molar-refractivity contribution in [3.63, 3.8) is 0 Å². The Morgan fingerprint density at radius 2 is 2.11 bits per heavy atom. The van der Waals surface area contributed by atoms with Crippen LogP contribution in [0, 0.1) is 6.92 Å². The molecule has 5 nitrogen and oxygen atoms in total. The molecular weight excluding hydrogens is 334 g/mol. The molecule has 0 aliphatic carbocycles. The number of aryl methyl sites for hydroxylation is 1. The molecule has 1 fully saturated rings.